The van der Waals surface area contributed by atoms with E-state index in [-0.39, 0.29) is 11.9 Å². The predicted molar refractivity (Wildman–Crippen MR) is 70.4 cm³/mol. The minimum atomic E-state index is -0.0158. The van der Waals surface area contributed by atoms with E-state index in [4.69, 9.17) is 0 Å². The minimum Gasteiger partial charge on any atom is -0.385 e. The van der Waals surface area contributed by atoms with Gasteiger partial charge < -0.3 is 10.6 Å². The molecule has 0 aromatic heterocycles. The van der Waals surface area contributed by atoms with Crippen LogP contribution in [-0.4, -0.2) is 18.5 Å². The van der Waals surface area contributed by atoms with Crippen molar-refractivity contribution in [3.8, 4) is 0 Å². The molecule has 1 aliphatic rings. The maximum Gasteiger partial charge on any atom is 0.252 e. The second-order valence-electron chi connectivity index (χ2n) is 4.36. The Hall–Kier alpha value is -1.77. The third-order valence-corrected chi connectivity index (χ3v) is 3.05. The molecule has 3 nitrogen and oxygen atoms in total. The lowest BCUT2D eigenvalue weighted by Crippen LogP contribution is -2.32. The molecule has 1 aromatic carbocycles. The fourth-order valence-corrected chi connectivity index (χ4v) is 2.07. The Kier molecular flexibility index (Phi) is 3.47. The summed E-state index contributed by atoms with van der Waals surface area (Å²) in [6.07, 6.45) is 3.77. The summed E-state index contributed by atoms with van der Waals surface area (Å²) < 4.78 is 0. The molecule has 0 radical (unpaired) electrons. The molecule has 0 saturated carbocycles. The van der Waals surface area contributed by atoms with Gasteiger partial charge in [-0.3, -0.25) is 4.79 Å². The number of nitrogens with one attached hydrogen (secondary N) is 2. The lowest BCUT2D eigenvalue weighted by atomic mass is 9.97. The molecule has 0 aliphatic carbocycles. The predicted octanol–water partition coefficient (Wildman–Crippen LogP) is 2.35. The molecule has 2 N–H and O–H groups in total. The summed E-state index contributed by atoms with van der Waals surface area (Å²) in [6, 6.07) is 5.83. The van der Waals surface area contributed by atoms with E-state index >= 15 is 0 Å². The van der Waals surface area contributed by atoms with Crippen LogP contribution >= 0.6 is 0 Å². The van der Waals surface area contributed by atoms with Gasteiger partial charge in [0.25, 0.3) is 5.91 Å². The number of hydrogen-bond acceptors (Lipinski definition) is 2. The van der Waals surface area contributed by atoms with Crippen molar-refractivity contribution in [2.75, 3.05) is 11.9 Å². The number of amides is 1. The lowest BCUT2D eigenvalue weighted by Gasteiger charge is -2.21. The first-order chi connectivity index (χ1) is 8.22. The summed E-state index contributed by atoms with van der Waals surface area (Å²) in [7, 11) is 0. The van der Waals surface area contributed by atoms with Crippen LogP contribution in [0.3, 0.4) is 0 Å². The van der Waals surface area contributed by atoms with E-state index in [1.54, 1.807) is 6.08 Å². The Balaban J connectivity index is 2.26. The number of hydrogen-bond donors (Lipinski definition) is 2. The number of rotatable bonds is 3. The summed E-state index contributed by atoms with van der Waals surface area (Å²) in [5, 5.41) is 6.24. The van der Waals surface area contributed by atoms with Crippen LogP contribution in [0, 0.1) is 0 Å². The first kappa shape index (κ1) is 11.7. The van der Waals surface area contributed by atoms with Crippen LogP contribution < -0.4 is 10.6 Å². The Labute approximate surface area is 102 Å². The summed E-state index contributed by atoms with van der Waals surface area (Å²) in [6.45, 7) is 6.57. The van der Waals surface area contributed by atoms with Crippen molar-refractivity contribution in [2.24, 2.45) is 0 Å². The highest BCUT2D eigenvalue weighted by molar-refractivity contribution is 5.97. The van der Waals surface area contributed by atoms with Crippen LogP contribution in [-0.2, 0) is 6.42 Å². The third kappa shape index (κ3) is 2.49. The van der Waals surface area contributed by atoms with Gasteiger partial charge in [0.2, 0.25) is 0 Å². The molecule has 0 saturated heterocycles. The molecule has 3 heteroatoms. The van der Waals surface area contributed by atoms with Crippen molar-refractivity contribution >= 4 is 11.6 Å². The molecule has 0 spiro atoms. The zero-order valence-electron chi connectivity index (χ0n) is 10.1. The van der Waals surface area contributed by atoms with Gasteiger partial charge >= 0.3 is 0 Å². The van der Waals surface area contributed by atoms with E-state index in [9.17, 15) is 4.79 Å². The molecular weight excluding hydrogens is 212 g/mol. The average Bonchev–Trinajstić information content (AvgIpc) is 2.37. The van der Waals surface area contributed by atoms with Crippen LogP contribution in [0.5, 0.6) is 0 Å². The van der Waals surface area contributed by atoms with E-state index in [0.717, 1.165) is 36.2 Å². The Morgan fingerprint density at radius 3 is 3.18 bits per heavy atom. The van der Waals surface area contributed by atoms with Gasteiger partial charge in [-0.25, -0.2) is 0 Å². The molecule has 1 atom stereocenters. The van der Waals surface area contributed by atoms with E-state index in [1.807, 2.05) is 25.1 Å². The SMILES string of the molecule is C=CC(C)NC(=O)c1cccc2c1CCCN2. The molecule has 2 rings (SSSR count). The van der Waals surface area contributed by atoms with Crippen LogP contribution in [0.4, 0.5) is 5.69 Å². The van der Waals surface area contributed by atoms with Crippen molar-refractivity contribution < 1.29 is 4.79 Å². The van der Waals surface area contributed by atoms with Crippen molar-refractivity contribution in [3.05, 3.63) is 42.0 Å². The first-order valence-corrected chi connectivity index (χ1v) is 6.01. The summed E-state index contributed by atoms with van der Waals surface area (Å²) >= 11 is 0. The molecule has 1 unspecified atom stereocenters. The van der Waals surface area contributed by atoms with E-state index in [0.29, 0.717) is 0 Å². The largest absolute Gasteiger partial charge is 0.385 e. The number of anilines is 1. The van der Waals surface area contributed by atoms with Gasteiger partial charge in [0.15, 0.2) is 0 Å². The topological polar surface area (TPSA) is 41.1 Å². The third-order valence-electron chi connectivity index (χ3n) is 3.05. The molecule has 17 heavy (non-hydrogen) atoms. The maximum absolute atomic E-state index is 12.1. The van der Waals surface area contributed by atoms with Gasteiger partial charge in [0.05, 0.1) is 0 Å². The molecule has 90 valence electrons. The van der Waals surface area contributed by atoms with Gasteiger partial charge in [0.1, 0.15) is 0 Å². The van der Waals surface area contributed by atoms with Crippen molar-refractivity contribution in [2.45, 2.75) is 25.8 Å². The molecule has 0 bridgehead atoms. The monoisotopic (exact) mass is 230 g/mol. The summed E-state index contributed by atoms with van der Waals surface area (Å²) in [4.78, 5) is 12.1. The van der Waals surface area contributed by atoms with Gasteiger partial charge in [0, 0.05) is 23.8 Å². The van der Waals surface area contributed by atoms with Gasteiger partial charge in [-0.1, -0.05) is 12.1 Å². The van der Waals surface area contributed by atoms with Gasteiger partial charge in [-0.05, 0) is 37.5 Å². The van der Waals surface area contributed by atoms with Crippen LogP contribution in [0.1, 0.15) is 29.3 Å². The average molecular weight is 230 g/mol. The van der Waals surface area contributed by atoms with Crippen LogP contribution in [0.15, 0.2) is 30.9 Å². The fourth-order valence-electron chi connectivity index (χ4n) is 2.07. The number of carbonyl (C=O) groups excluding carboxylic acids is 1. The number of fused-ring (bicyclic) bond motifs is 1. The molecular formula is C14H18N2O. The normalized spacial score (nSPS) is 15.4. The smallest absolute Gasteiger partial charge is 0.252 e. The van der Waals surface area contributed by atoms with Crippen molar-refractivity contribution in [3.63, 3.8) is 0 Å². The van der Waals surface area contributed by atoms with Crippen LogP contribution in [0.2, 0.25) is 0 Å². The Morgan fingerprint density at radius 2 is 2.41 bits per heavy atom. The molecule has 1 aliphatic heterocycles. The lowest BCUT2D eigenvalue weighted by molar-refractivity contribution is 0.0946. The number of benzene rings is 1. The highest BCUT2D eigenvalue weighted by Crippen LogP contribution is 2.25. The minimum absolute atomic E-state index is 0.00472. The Bertz CT molecular complexity index is 440. The second kappa shape index (κ2) is 5.04. The zero-order valence-corrected chi connectivity index (χ0v) is 10.1. The molecule has 1 heterocycles. The van der Waals surface area contributed by atoms with Gasteiger partial charge in [-0.15, -0.1) is 6.58 Å². The first-order valence-electron chi connectivity index (χ1n) is 6.01. The summed E-state index contributed by atoms with van der Waals surface area (Å²) in [5.41, 5.74) is 3.01. The van der Waals surface area contributed by atoms with E-state index in [2.05, 4.69) is 17.2 Å². The van der Waals surface area contributed by atoms with Crippen LogP contribution in [0.25, 0.3) is 0 Å². The quantitative estimate of drug-likeness (QED) is 0.783. The van der Waals surface area contributed by atoms with Gasteiger partial charge in [-0.2, -0.15) is 0 Å². The number of carbonyl (C=O) groups is 1. The van der Waals surface area contributed by atoms with E-state index < -0.39 is 0 Å². The standard InChI is InChI=1S/C14H18N2O/c1-3-10(2)16-14(17)12-6-4-8-13-11(12)7-5-9-15-13/h3-4,6,8,10,15H,1,5,7,9H2,2H3,(H,16,17). The zero-order chi connectivity index (χ0) is 12.3. The molecule has 1 aromatic rings. The maximum atomic E-state index is 12.1. The van der Waals surface area contributed by atoms with E-state index in [1.165, 1.54) is 0 Å². The fraction of sp³-hybridized carbons (Fsp3) is 0.357. The van der Waals surface area contributed by atoms with Crippen molar-refractivity contribution in [1.82, 2.24) is 5.32 Å². The summed E-state index contributed by atoms with van der Waals surface area (Å²) in [5.74, 6) is -0.0158. The highest BCUT2D eigenvalue weighted by Gasteiger charge is 2.17. The second-order valence-corrected chi connectivity index (χ2v) is 4.36. The molecule has 1 amide bonds. The highest BCUT2D eigenvalue weighted by atomic mass is 16.1. The molecule has 0 fully saturated rings. The van der Waals surface area contributed by atoms with Crippen molar-refractivity contribution in [1.29, 1.82) is 0 Å². The Morgan fingerprint density at radius 1 is 1.59 bits per heavy atom.